The predicted molar refractivity (Wildman–Crippen MR) is 105 cm³/mol. The topological polar surface area (TPSA) is 84.7 Å². The monoisotopic (exact) mass is 426 g/mol. The molecule has 0 N–H and O–H groups in total. The van der Waals surface area contributed by atoms with Gasteiger partial charge in [-0.3, -0.25) is 0 Å². The number of carbonyl (C=O) groups excluding carboxylic acids is 1. The number of aromatic nitrogens is 2. The summed E-state index contributed by atoms with van der Waals surface area (Å²) in [7, 11) is -3.73. The van der Waals surface area contributed by atoms with Crippen LogP contribution in [0.15, 0.2) is 29.2 Å². The molecule has 1 aromatic carbocycles. The Bertz CT molecular complexity index is 964. The van der Waals surface area contributed by atoms with Crippen molar-refractivity contribution in [2.75, 3.05) is 32.8 Å². The van der Waals surface area contributed by atoms with Gasteiger partial charge in [-0.25, -0.2) is 17.9 Å². The third kappa shape index (κ3) is 3.87. The molecule has 0 saturated carbocycles. The van der Waals surface area contributed by atoms with E-state index >= 15 is 0 Å². The minimum absolute atomic E-state index is 0.201. The lowest BCUT2D eigenvalue weighted by molar-refractivity contribution is 0.0934. The van der Waals surface area contributed by atoms with Crippen LogP contribution in [0.2, 0.25) is 5.02 Å². The van der Waals surface area contributed by atoms with Crippen LogP contribution in [-0.2, 0) is 14.8 Å². The zero-order chi connectivity index (χ0) is 20.5. The van der Waals surface area contributed by atoms with E-state index in [2.05, 4.69) is 5.10 Å². The average Bonchev–Trinajstić information content (AvgIpc) is 2.97. The van der Waals surface area contributed by atoms with E-state index < -0.39 is 16.1 Å². The van der Waals surface area contributed by atoms with E-state index in [4.69, 9.17) is 16.3 Å². The Morgan fingerprint density at radius 1 is 1.14 bits per heavy atom. The number of piperazine rings is 1. The fourth-order valence-corrected chi connectivity index (χ4v) is 5.19. The molecule has 0 spiro atoms. The SMILES string of the molecule is CCOC(=O)N1CCN(S(=O)(=O)c2c(C)nn(-c3ccc(Cl)cc3)c2C)CC1. The van der Waals surface area contributed by atoms with Gasteiger partial charge in [0.15, 0.2) is 0 Å². The normalized spacial score (nSPS) is 15.6. The summed E-state index contributed by atoms with van der Waals surface area (Å²) in [5.74, 6) is 0. The summed E-state index contributed by atoms with van der Waals surface area (Å²) in [5, 5.41) is 5.02. The van der Waals surface area contributed by atoms with E-state index in [1.165, 1.54) is 9.21 Å². The summed E-state index contributed by atoms with van der Waals surface area (Å²) in [6.07, 6.45) is -0.414. The third-order valence-electron chi connectivity index (χ3n) is 4.66. The van der Waals surface area contributed by atoms with Crippen molar-refractivity contribution in [3.63, 3.8) is 0 Å². The van der Waals surface area contributed by atoms with Crippen molar-refractivity contribution in [3.8, 4) is 5.69 Å². The standard InChI is InChI=1S/C18H23ClN4O4S/c1-4-27-18(24)21-9-11-22(12-10-21)28(25,26)17-13(2)20-23(14(17)3)16-7-5-15(19)6-8-16/h5-8H,4,9-12H2,1-3H3. The smallest absolute Gasteiger partial charge is 0.409 e. The van der Waals surface area contributed by atoms with Crippen LogP contribution < -0.4 is 0 Å². The molecule has 1 aliphatic heterocycles. The van der Waals surface area contributed by atoms with Gasteiger partial charge in [0.05, 0.1) is 23.7 Å². The van der Waals surface area contributed by atoms with Crippen LogP contribution in [0.5, 0.6) is 0 Å². The molecule has 10 heteroatoms. The number of benzene rings is 1. The first kappa shape index (κ1) is 20.6. The van der Waals surface area contributed by atoms with Gasteiger partial charge in [0.25, 0.3) is 0 Å². The maximum Gasteiger partial charge on any atom is 0.409 e. The van der Waals surface area contributed by atoms with Gasteiger partial charge in [-0.15, -0.1) is 0 Å². The molecule has 0 unspecified atom stereocenters. The molecule has 0 bridgehead atoms. The summed E-state index contributed by atoms with van der Waals surface area (Å²) < 4.78 is 34.5. The molecule has 2 aromatic rings. The zero-order valence-electron chi connectivity index (χ0n) is 16.1. The summed E-state index contributed by atoms with van der Waals surface area (Å²) in [6, 6.07) is 7.04. The molecule has 3 rings (SSSR count). The largest absolute Gasteiger partial charge is 0.450 e. The summed E-state index contributed by atoms with van der Waals surface area (Å²) in [5.41, 5.74) is 1.70. The quantitative estimate of drug-likeness (QED) is 0.750. The van der Waals surface area contributed by atoms with Crippen molar-refractivity contribution in [2.24, 2.45) is 0 Å². The molecule has 0 aliphatic carbocycles. The van der Waals surface area contributed by atoms with Crippen molar-refractivity contribution < 1.29 is 17.9 Å². The Kier molecular flexibility index (Phi) is 5.97. The van der Waals surface area contributed by atoms with Crippen molar-refractivity contribution in [1.29, 1.82) is 0 Å². The van der Waals surface area contributed by atoms with Gasteiger partial charge >= 0.3 is 6.09 Å². The molecular formula is C18H23ClN4O4S. The second-order valence-electron chi connectivity index (χ2n) is 6.48. The van der Waals surface area contributed by atoms with Crippen molar-refractivity contribution in [1.82, 2.24) is 19.0 Å². The predicted octanol–water partition coefficient (Wildman–Crippen LogP) is 2.61. The maximum absolute atomic E-state index is 13.2. The van der Waals surface area contributed by atoms with E-state index in [9.17, 15) is 13.2 Å². The Morgan fingerprint density at radius 3 is 2.32 bits per heavy atom. The first-order valence-electron chi connectivity index (χ1n) is 8.99. The second-order valence-corrected chi connectivity index (χ2v) is 8.79. The number of halogens is 1. The lowest BCUT2D eigenvalue weighted by Crippen LogP contribution is -2.50. The number of carbonyl (C=O) groups is 1. The molecule has 8 nitrogen and oxygen atoms in total. The zero-order valence-corrected chi connectivity index (χ0v) is 17.6. The lowest BCUT2D eigenvalue weighted by atomic mass is 10.3. The molecule has 0 radical (unpaired) electrons. The molecule has 1 aromatic heterocycles. The number of aryl methyl sites for hydroxylation is 1. The van der Waals surface area contributed by atoms with Crippen molar-refractivity contribution in [3.05, 3.63) is 40.7 Å². The Labute approximate surface area is 169 Å². The van der Waals surface area contributed by atoms with Crippen LogP contribution in [0, 0.1) is 13.8 Å². The van der Waals surface area contributed by atoms with Crippen LogP contribution in [-0.4, -0.2) is 66.3 Å². The summed E-state index contributed by atoms with van der Waals surface area (Å²) >= 11 is 5.93. The van der Waals surface area contributed by atoms with E-state index in [-0.39, 0.29) is 18.0 Å². The Balaban J connectivity index is 1.85. The van der Waals surface area contributed by atoms with Gasteiger partial charge in [0, 0.05) is 31.2 Å². The molecule has 0 atom stereocenters. The van der Waals surface area contributed by atoms with Gasteiger partial charge in [-0.05, 0) is 45.0 Å². The average molecular weight is 427 g/mol. The molecule has 1 amide bonds. The highest BCUT2D eigenvalue weighted by Crippen LogP contribution is 2.27. The van der Waals surface area contributed by atoms with Crippen LogP contribution in [0.25, 0.3) is 5.69 Å². The van der Waals surface area contributed by atoms with Crippen molar-refractivity contribution >= 4 is 27.7 Å². The summed E-state index contributed by atoms with van der Waals surface area (Å²) in [6.45, 7) is 6.46. The number of sulfonamides is 1. The number of hydrogen-bond acceptors (Lipinski definition) is 5. The summed E-state index contributed by atoms with van der Waals surface area (Å²) in [4.78, 5) is 13.6. The number of ether oxygens (including phenoxy) is 1. The van der Waals surface area contributed by atoms with E-state index in [1.807, 2.05) is 0 Å². The molecular weight excluding hydrogens is 404 g/mol. The number of amides is 1. The molecule has 1 saturated heterocycles. The Morgan fingerprint density at radius 2 is 1.75 bits per heavy atom. The van der Waals surface area contributed by atoms with E-state index in [1.54, 1.807) is 49.7 Å². The van der Waals surface area contributed by atoms with E-state index in [0.717, 1.165) is 5.69 Å². The molecule has 2 heterocycles. The van der Waals surface area contributed by atoms with Gasteiger partial charge in [0.2, 0.25) is 10.0 Å². The third-order valence-corrected chi connectivity index (χ3v) is 7.06. The van der Waals surface area contributed by atoms with Gasteiger partial charge in [-0.2, -0.15) is 9.40 Å². The van der Waals surface area contributed by atoms with E-state index in [0.29, 0.717) is 36.1 Å². The lowest BCUT2D eigenvalue weighted by Gasteiger charge is -2.33. The van der Waals surface area contributed by atoms with Crippen molar-refractivity contribution in [2.45, 2.75) is 25.7 Å². The highest BCUT2D eigenvalue weighted by molar-refractivity contribution is 7.89. The molecule has 152 valence electrons. The Hall–Kier alpha value is -2.10. The molecule has 1 aliphatic rings. The molecule has 1 fully saturated rings. The number of nitrogens with zero attached hydrogens (tertiary/aromatic N) is 4. The van der Waals surface area contributed by atoms with Crippen LogP contribution >= 0.6 is 11.6 Å². The van der Waals surface area contributed by atoms with Crippen LogP contribution in [0.1, 0.15) is 18.3 Å². The minimum atomic E-state index is -3.73. The van der Waals surface area contributed by atoms with Gasteiger partial charge in [0.1, 0.15) is 4.90 Å². The first-order chi connectivity index (χ1) is 13.3. The highest BCUT2D eigenvalue weighted by Gasteiger charge is 2.34. The van der Waals surface area contributed by atoms with Crippen LogP contribution in [0.4, 0.5) is 4.79 Å². The molecule has 28 heavy (non-hydrogen) atoms. The van der Waals surface area contributed by atoms with Crippen LogP contribution in [0.3, 0.4) is 0 Å². The second kappa shape index (κ2) is 8.10. The number of hydrogen-bond donors (Lipinski definition) is 0. The highest BCUT2D eigenvalue weighted by atomic mass is 35.5. The van der Waals surface area contributed by atoms with Gasteiger partial charge in [-0.1, -0.05) is 11.6 Å². The number of rotatable bonds is 4. The first-order valence-corrected chi connectivity index (χ1v) is 10.8. The fraction of sp³-hybridized carbons (Fsp3) is 0.444. The fourth-order valence-electron chi connectivity index (χ4n) is 3.29. The maximum atomic E-state index is 13.2. The van der Waals surface area contributed by atoms with Gasteiger partial charge < -0.3 is 9.64 Å². The minimum Gasteiger partial charge on any atom is -0.450 e.